The average molecular weight is 267 g/mol. The van der Waals surface area contributed by atoms with Gasteiger partial charge < -0.3 is 16.0 Å². The van der Waals surface area contributed by atoms with Gasteiger partial charge in [0.15, 0.2) is 0 Å². The van der Waals surface area contributed by atoms with Gasteiger partial charge in [0.2, 0.25) is 11.8 Å². The van der Waals surface area contributed by atoms with Crippen molar-refractivity contribution < 1.29 is 9.59 Å². The predicted molar refractivity (Wildman–Crippen MR) is 73.6 cm³/mol. The number of amides is 2. The molecular weight excluding hydrogens is 242 g/mol. The van der Waals surface area contributed by atoms with Crippen LogP contribution in [0.1, 0.15) is 45.4 Å². The molecule has 0 bridgehead atoms. The Morgan fingerprint density at radius 3 is 2.21 bits per heavy atom. The van der Waals surface area contributed by atoms with Crippen LogP contribution in [0.3, 0.4) is 0 Å². The zero-order chi connectivity index (χ0) is 13.7. The monoisotopic (exact) mass is 267 g/mol. The van der Waals surface area contributed by atoms with Crippen molar-refractivity contribution in [2.24, 2.45) is 5.92 Å². The highest BCUT2D eigenvalue weighted by atomic mass is 16.2. The number of nitrogens with one attached hydrogen (secondary N) is 3. The lowest BCUT2D eigenvalue weighted by Crippen LogP contribution is -2.44. The lowest BCUT2D eigenvalue weighted by atomic mass is 9.91. The first kappa shape index (κ1) is 14.3. The number of rotatable bonds is 6. The Morgan fingerprint density at radius 1 is 1.00 bits per heavy atom. The van der Waals surface area contributed by atoms with E-state index in [9.17, 15) is 9.59 Å². The zero-order valence-electron chi connectivity index (χ0n) is 11.7. The van der Waals surface area contributed by atoms with Crippen LogP contribution in [0.2, 0.25) is 0 Å². The molecule has 2 aliphatic rings. The van der Waals surface area contributed by atoms with E-state index in [1.807, 2.05) is 0 Å². The molecule has 5 heteroatoms. The van der Waals surface area contributed by atoms with Gasteiger partial charge in [-0.05, 0) is 44.4 Å². The fraction of sp³-hybridized carbons (Fsp3) is 0.857. The van der Waals surface area contributed by atoms with E-state index in [4.69, 9.17) is 0 Å². The van der Waals surface area contributed by atoms with Crippen LogP contribution in [0, 0.1) is 5.92 Å². The molecule has 0 radical (unpaired) electrons. The van der Waals surface area contributed by atoms with Crippen molar-refractivity contribution in [2.75, 3.05) is 13.1 Å². The maximum atomic E-state index is 11.6. The van der Waals surface area contributed by atoms with E-state index >= 15 is 0 Å². The van der Waals surface area contributed by atoms with Crippen molar-refractivity contribution in [3.8, 4) is 0 Å². The summed E-state index contributed by atoms with van der Waals surface area (Å²) in [6.07, 6.45) is 6.59. The van der Waals surface area contributed by atoms with Gasteiger partial charge in [0.05, 0.1) is 6.54 Å². The minimum Gasteiger partial charge on any atom is -0.355 e. The first-order chi connectivity index (χ1) is 9.13. The Bertz CT molecular complexity index is 321. The molecule has 0 saturated heterocycles. The predicted octanol–water partition coefficient (Wildman–Crippen LogP) is 0.549. The molecular formula is C14H25N3O2. The fourth-order valence-electron chi connectivity index (χ4n) is 2.61. The molecule has 2 rings (SSSR count). The Hall–Kier alpha value is -1.10. The summed E-state index contributed by atoms with van der Waals surface area (Å²) in [5.74, 6) is 0.892. The molecule has 0 heterocycles. The standard InChI is InChI=1S/C14H25N3O2/c1-10(18)17-13-6-4-12(5-7-13)15-9-14(19)16-8-11-2-3-11/h11-13,15H,2-9H2,1H3,(H,16,19)(H,17,18). The fourth-order valence-corrected chi connectivity index (χ4v) is 2.61. The van der Waals surface area contributed by atoms with Gasteiger partial charge >= 0.3 is 0 Å². The molecule has 0 aromatic rings. The van der Waals surface area contributed by atoms with Gasteiger partial charge in [0, 0.05) is 25.6 Å². The summed E-state index contributed by atoms with van der Waals surface area (Å²) < 4.78 is 0. The second kappa shape index (κ2) is 6.89. The number of carbonyl (C=O) groups excluding carboxylic acids is 2. The first-order valence-corrected chi connectivity index (χ1v) is 7.40. The lowest BCUT2D eigenvalue weighted by Gasteiger charge is -2.29. The minimum atomic E-state index is 0.0517. The smallest absolute Gasteiger partial charge is 0.233 e. The molecule has 0 aliphatic heterocycles. The highest BCUT2D eigenvalue weighted by molar-refractivity contribution is 5.78. The SMILES string of the molecule is CC(=O)NC1CCC(NCC(=O)NCC2CC2)CC1. The minimum absolute atomic E-state index is 0.0517. The highest BCUT2D eigenvalue weighted by Gasteiger charge is 2.23. The Labute approximate surface area is 114 Å². The Kier molecular flexibility index (Phi) is 5.19. The van der Waals surface area contributed by atoms with Gasteiger partial charge in [-0.2, -0.15) is 0 Å². The van der Waals surface area contributed by atoms with Crippen LogP contribution in [0.25, 0.3) is 0 Å². The summed E-state index contributed by atoms with van der Waals surface area (Å²) in [7, 11) is 0. The van der Waals surface area contributed by atoms with E-state index in [1.54, 1.807) is 6.92 Å². The van der Waals surface area contributed by atoms with E-state index in [0.717, 1.165) is 38.1 Å². The van der Waals surface area contributed by atoms with Gasteiger partial charge in [-0.3, -0.25) is 9.59 Å². The van der Waals surface area contributed by atoms with Crippen LogP contribution in [-0.4, -0.2) is 37.0 Å². The summed E-state index contributed by atoms with van der Waals surface area (Å²) in [6.45, 7) is 2.83. The third-order valence-corrected chi connectivity index (χ3v) is 3.97. The van der Waals surface area contributed by atoms with Crippen molar-refractivity contribution in [3.05, 3.63) is 0 Å². The zero-order valence-corrected chi connectivity index (χ0v) is 11.7. The second-order valence-corrected chi connectivity index (χ2v) is 5.88. The lowest BCUT2D eigenvalue weighted by molar-refractivity contribution is -0.120. The Balaban J connectivity index is 1.54. The molecule has 3 N–H and O–H groups in total. The molecule has 5 nitrogen and oxygen atoms in total. The third-order valence-electron chi connectivity index (χ3n) is 3.97. The maximum absolute atomic E-state index is 11.6. The average Bonchev–Trinajstić information content (AvgIpc) is 3.19. The number of hydrogen-bond donors (Lipinski definition) is 3. The van der Waals surface area contributed by atoms with Crippen molar-refractivity contribution in [1.82, 2.24) is 16.0 Å². The Morgan fingerprint density at radius 2 is 1.63 bits per heavy atom. The highest BCUT2D eigenvalue weighted by Crippen LogP contribution is 2.27. The normalized spacial score (nSPS) is 26.8. The molecule has 19 heavy (non-hydrogen) atoms. The van der Waals surface area contributed by atoms with Crippen LogP contribution in [0.4, 0.5) is 0 Å². The van der Waals surface area contributed by atoms with Crippen LogP contribution < -0.4 is 16.0 Å². The molecule has 0 spiro atoms. The third kappa shape index (κ3) is 5.59. The van der Waals surface area contributed by atoms with Crippen molar-refractivity contribution >= 4 is 11.8 Å². The summed E-state index contributed by atoms with van der Waals surface area (Å²) in [5, 5.41) is 9.24. The van der Waals surface area contributed by atoms with E-state index in [-0.39, 0.29) is 11.8 Å². The summed E-state index contributed by atoms with van der Waals surface area (Å²) >= 11 is 0. The molecule has 108 valence electrons. The van der Waals surface area contributed by atoms with Gasteiger partial charge in [-0.1, -0.05) is 0 Å². The molecule has 2 amide bonds. The quantitative estimate of drug-likeness (QED) is 0.658. The van der Waals surface area contributed by atoms with E-state index < -0.39 is 0 Å². The summed E-state index contributed by atoms with van der Waals surface area (Å²) in [5.41, 5.74) is 0. The summed E-state index contributed by atoms with van der Waals surface area (Å²) in [6, 6.07) is 0.732. The van der Waals surface area contributed by atoms with Gasteiger partial charge in [-0.15, -0.1) is 0 Å². The molecule has 0 aromatic carbocycles. The van der Waals surface area contributed by atoms with E-state index in [1.165, 1.54) is 12.8 Å². The summed E-state index contributed by atoms with van der Waals surface area (Å²) in [4.78, 5) is 22.6. The molecule has 0 atom stereocenters. The molecule has 0 aromatic heterocycles. The largest absolute Gasteiger partial charge is 0.355 e. The van der Waals surface area contributed by atoms with Crippen molar-refractivity contribution in [3.63, 3.8) is 0 Å². The number of hydrogen-bond acceptors (Lipinski definition) is 3. The van der Waals surface area contributed by atoms with Gasteiger partial charge in [0.25, 0.3) is 0 Å². The molecule has 0 unspecified atom stereocenters. The van der Waals surface area contributed by atoms with E-state index in [2.05, 4.69) is 16.0 Å². The van der Waals surface area contributed by atoms with Crippen LogP contribution >= 0.6 is 0 Å². The second-order valence-electron chi connectivity index (χ2n) is 5.88. The van der Waals surface area contributed by atoms with Crippen molar-refractivity contribution in [1.29, 1.82) is 0 Å². The van der Waals surface area contributed by atoms with Crippen LogP contribution in [0.5, 0.6) is 0 Å². The van der Waals surface area contributed by atoms with Crippen LogP contribution in [-0.2, 0) is 9.59 Å². The van der Waals surface area contributed by atoms with Gasteiger partial charge in [-0.25, -0.2) is 0 Å². The number of carbonyl (C=O) groups is 2. The van der Waals surface area contributed by atoms with Crippen LogP contribution in [0.15, 0.2) is 0 Å². The first-order valence-electron chi connectivity index (χ1n) is 7.40. The topological polar surface area (TPSA) is 70.2 Å². The van der Waals surface area contributed by atoms with Crippen molar-refractivity contribution in [2.45, 2.75) is 57.5 Å². The molecule has 2 aliphatic carbocycles. The maximum Gasteiger partial charge on any atom is 0.233 e. The molecule has 2 saturated carbocycles. The molecule has 2 fully saturated rings. The van der Waals surface area contributed by atoms with E-state index in [0.29, 0.717) is 18.6 Å². The van der Waals surface area contributed by atoms with Gasteiger partial charge in [0.1, 0.15) is 0 Å².